The fraction of sp³-hybridized carbons (Fsp3) is 0.706. The summed E-state index contributed by atoms with van der Waals surface area (Å²) in [6.45, 7) is 5.44. The van der Waals surface area contributed by atoms with Gasteiger partial charge in [0.1, 0.15) is 0 Å². The molecule has 0 saturated carbocycles. The second kappa shape index (κ2) is 8.39. The molecule has 0 radical (unpaired) electrons. The summed E-state index contributed by atoms with van der Waals surface area (Å²) in [5, 5.41) is 7.12. The lowest BCUT2D eigenvalue weighted by Crippen LogP contribution is -2.39. The molecule has 3 aliphatic heterocycles. The molecule has 150 valence electrons. The number of hydrogen-bond acceptors (Lipinski definition) is 6. The van der Waals surface area contributed by atoms with Crippen LogP contribution in [0.5, 0.6) is 0 Å². The Kier molecular flexibility index (Phi) is 6.15. The Morgan fingerprint density at radius 3 is 2.44 bits per heavy atom. The van der Waals surface area contributed by atoms with E-state index >= 15 is 0 Å². The van der Waals surface area contributed by atoms with Crippen LogP contribution in [-0.2, 0) is 9.53 Å². The number of alkyl halides is 3. The van der Waals surface area contributed by atoms with Crippen LogP contribution in [0.4, 0.5) is 19.1 Å². The smallest absolute Gasteiger partial charge is 0.475 e. The Balaban J connectivity index is 0.000000260. The number of hydrogen-bond donors (Lipinski definition) is 1. The van der Waals surface area contributed by atoms with Crippen molar-refractivity contribution in [2.45, 2.75) is 37.5 Å². The lowest BCUT2D eigenvalue weighted by molar-refractivity contribution is -0.192. The van der Waals surface area contributed by atoms with E-state index in [0.717, 1.165) is 31.6 Å². The first-order valence-electron chi connectivity index (χ1n) is 9.02. The summed E-state index contributed by atoms with van der Waals surface area (Å²) in [7, 11) is 0. The van der Waals surface area contributed by atoms with Gasteiger partial charge in [0.25, 0.3) is 0 Å². The van der Waals surface area contributed by atoms with E-state index in [1.54, 1.807) is 0 Å². The second-order valence-corrected chi connectivity index (χ2v) is 6.98. The molecule has 0 spiro atoms. The van der Waals surface area contributed by atoms with Crippen molar-refractivity contribution in [3.05, 3.63) is 18.5 Å². The standard InChI is InChI=1S/C15H22N4O.C2HF3O2/c1-5-16-15(17-6-1)19-8-3-13-14(19)2-7-18(13)10-12-4-9-20-11-12;3-2(4,5)1(6)7/h1,5-6,12-14H,2-4,7-11H2;(H,6,7)/t12?,13-,14+;/m1./s1. The van der Waals surface area contributed by atoms with Gasteiger partial charge in [0, 0.05) is 50.7 Å². The highest BCUT2D eigenvalue weighted by Crippen LogP contribution is 2.34. The van der Waals surface area contributed by atoms with Crippen LogP contribution >= 0.6 is 0 Å². The Morgan fingerprint density at radius 2 is 1.85 bits per heavy atom. The minimum absolute atomic E-state index is 0.611. The molecule has 1 unspecified atom stereocenters. The summed E-state index contributed by atoms with van der Waals surface area (Å²) in [5.74, 6) is -1.10. The summed E-state index contributed by atoms with van der Waals surface area (Å²) in [5.41, 5.74) is 0. The number of ether oxygens (including phenoxy) is 1. The number of aromatic nitrogens is 2. The summed E-state index contributed by atoms with van der Waals surface area (Å²) in [6.07, 6.45) is 2.34. The number of anilines is 1. The molecule has 0 aromatic carbocycles. The average Bonchev–Trinajstić information content (AvgIpc) is 3.35. The molecule has 7 nitrogen and oxygen atoms in total. The molecule has 3 fully saturated rings. The van der Waals surface area contributed by atoms with E-state index in [4.69, 9.17) is 14.6 Å². The van der Waals surface area contributed by atoms with Gasteiger partial charge in [-0.15, -0.1) is 0 Å². The van der Waals surface area contributed by atoms with Crippen LogP contribution in [0.25, 0.3) is 0 Å². The zero-order valence-corrected chi connectivity index (χ0v) is 14.8. The van der Waals surface area contributed by atoms with Crippen LogP contribution in [0, 0.1) is 5.92 Å². The largest absolute Gasteiger partial charge is 0.490 e. The Labute approximate surface area is 155 Å². The Hall–Kier alpha value is -1.94. The maximum atomic E-state index is 10.6. The molecule has 27 heavy (non-hydrogen) atoms. The van der Waals surface area contributed by atoms with Gasteiger partial charge in [0.05, 0.1) is 6.61 Å². The van der Waals surface area contributed by atoms with Gasteiger partial charge in [-0.3, -0.25) is 4.90 Å². The molecule has 1 N–H and O–H groups in total. The zero-order valence-electron chi connectivity index (χ0n) is 14.8. The third-order valence-corrected chi connectivity index (χ3v) is 5.26. The molecule has 10 heteroatoms. The highest BCUT2D eigenvalue weighted by Gasteiger charge is 2.43. The van der Waals surface area contributed by atoms with Crippen LogP contribution in [0.15, 0.2) is 18.5 Å². The van der Waals surface area contributed by atoms with Crippen molar-refractivity contribution in [3.63, 3.8) is 0 Å². The molecular weight excluding hydrogens is 365 g/mol. The van der Waals surface area contributed by atoms with E-state index in [2.05, 4.69) is 19.8 Å². The van der Waals surface area contributed by atoms with Crippen molar-refractivity contribution in [2.24, 2.45) is 5.92 Å². The highest BCUT2D eigenvalue weighted by atomic mass is 19.4. The van der Waals surface area contributed by atoms with Gasteiger partial charge in [-0.1, -0.05) is 0 Å². The average molecular weight is 388 g/mol. The molecule has 4 heterocycles. The molecule has 1 aromatic rings. The number of rotatable bonds is 3. The van der Waals surface area contributed by atoms with E-state index in [-0.39, 0.29) is 0 Å². The van der Waals surface area contributed by atoms with E-state index < -0.39 is 12.1 Å². The van der Waals surface area contributed by atoms with E-state index in [0.29, 0.717) is 12.1 Å². The third-order valence-electron chi connectivity index (χ3n) is 5.26. The first kappa shape index (κ1) is 19.8. The second-order valence-electron chi connectivity index (χ2n) is 6.98. The number of carboxylic acid groups (broad SMARTS) is 1. The molecule has 1 aromatic heterocycles. The number of aliphatic carboxylic acids is 1. The molecule has 0 amide bonds. The van der Waals surface area contributed by atoms with Crippen molar-refractivity contribution in [2.75, 3.05) is 37.7 Å². The number of carbonyl (C=O) groups is 1. The lowest BCUT2D eigenvalue weighted by Gasteiger charge is -2.27. The molecule has 0 bridgehead atoms. The van der Waals surface area contributed by atoms with Gasteiger partial charge in [0.15, 0.2) is 0 Å². The van der Waals surface area contributed by atoms with E-state index in [9.17, 15) is 13.2 Å². The number of carboxylic acids is 1. The molecule has 3 aliphatic rings. The van der Waals surface area contributed by atoms with Crippen LogP contribution < -0.4 is 4.90 Å². The van der Waals surface area contributed by atoms with Gasteiger partial charge in [-0.25, -0.2) is 14.8 Å². The summed E-state index contributed by atoms with van der Waals surface area (Å²) >= 11 is 0. The minimum atomic E-state index is -5.08. The summed E-state index contributed by atoms with van der Waals surface area (Å²) in [6, 6.07) is 3.19. The third kappa shape index (κ3) is 4.86. The first-order valence-corrected chi connectivity index (χ1v) is 9.02. The van der Waals surface area contributed by atoms with Crippen LogP contribution in [0.2, 0.25) is 0 Å². The molecule has 0 aliphatic carbocycles. The quantitative estimate of drug-likeness (QED) is 0.846. The van der Waals surface area contributed by atoms with Crippen molar-refractivity contribution in [1.82, 2.24) is 14.9 Å². The first-order chi connectivity index (χ1) is 12.9. The topological polar surface area (TPSA) is 78.8 Å². The predicted molar refractivity (Wildman–Crippen MR) is 90.4 cm³/mol. The van der Waals surface area contributed by atoms with Crippen molar-refractivity contribution >= 4 is 11.9 Å². The fourth-order valence-corrected chi connectivity index (χ4v) is 4.05. The Morgan fingerprint density at radius 1 is 1.19 bits per heavy atom. The van der Waals surface area contributed by atoms with Crippen molar-refractivity contribution < 1.29 is 27.8 Å². The monoisotopic (exact) mass is 388 g/mol. The normalized spacial score (nSPS) is 28.0. The summed E-state index contributed by atoms with van der Waals surface area (Å²) in [4.78, 5) is 22.8. The van der Waals surface area contributed by atoms with Crippen molar-refractivity contribution in [1.29, 1.82) is 0 Å². The van der Waals surface area contributed by atoms with Crippen molar-refractivity contribution in [3.8, 4) is 0 Å². The van der Waals surface area contributed by atoms with E-state index in [1.807, 2.05) is 18.5 Å². The lowest BCUT2D eigenvalue weighted by atomic mass is 10.1. The van der Waals surface area contributed by atoms with Gasteiger partial charge < -0.3 is 14.7 Å². The van der Waals surface area contributed by atoms with Gasteiger partial charge in [0.2, 0.25) is 5.95 Å². The number of fused-ring (bicyclic) bond motifs is 1. The van der Waals surface area contributed by atoms with Crippen LogP contribution in [0.3, 0.4) is 0 Å². The number of nitrogens with zero attached hydrogens (tertiary/aromatic N) is 4. The van der Waals surface area contributed by atoms with Crippen LogP contribution in [0.1, 0.15) is 19.3 Å². The molecule has 4 rings (SSSR count). The Bertz CT molecular complexity index is 626. The molecular formula is C17H23F3N4O3. The maximum absolute atomic E-state index is 10.6. The fourth-order valence-electron chi connectivity index (χ4n) is 4.05. The minimum Gasteiger partial charge on any atom is -0.475 e. The summed E-state index contributed by atoms with van der Waals surface area (Å²) < 4.78 is 37.2. The highest BCUT2D eigenvalue weighted by molar-refractivity contribution is 5.73. The van der Waals surface area contributed by atoms with Gasteiger partial charge in [-0.2, -0.15) is 13.2 Å². The van der Waals surface area contributed by atoms with E-state index in [1.165, 1.54) is 32.4 Å². The molecule has 3 saturated heterocycles. The number of halogens is 3. The SMILES string of the molecule is O=C(O)C(F)(F)F.c1cnc(N2CC[C@@H]3[C@@H]2CCN3CC2CCOC2)nc1. The molecule has 3 atom stereocenters. The zero-order chi connectivity index (χ0) is 19.4. The van der Waals surface area contributed by atoms with Gasteiger partial charge in [-0.05, 0) is 31.2 Å². The maximum Gasteiger partial charge on any atom is 0.490 e. The van der Waals surface area contributed by atoms with Crippen LogP contribution in [-0.4, -0.2) is 77.1 Å². The van der Waals surface area contributed by atoms with Gasteiger partial charge >= 0.3 is 12.1 Å². The number of likely N-dealkylation sites (tertiary alicyclic amines) is 1. The predicted octanol–water partition coefficient (Wildman–Crippen LogP) is 1.80.